The minimum Gasteiger partial charge on any atom is -0.341 e. The summed E-state index contributed by atoms with van der Waals surface area (Å²) in [6.07, 6.45) is 2.47. The Balaban J connectivity index is 1.93. The molecule has 2 nitrogen and oxygen atoms in total. The number of hydrogen-bond donors (Lipinski definition) is 1. The predicted molar refractivity (Wildman–Crippen MR) is 85.8 cm³/mol. The lowest BCUT2D eigenvalue weighted by Crippen LogP contribution is -2.19. The summed E-state index contributed by atoms with van der Waals surface area (Å²) in [5.41, 5.74) is 2.47. The van der Waals surface area contributed by atoms with E-state index in [1.54, 1.807) is 12.1 Å². The lowest BCUT2D eigenvalue weighted by molar-refractivity contribution is 0.627. The largest absolute Gasteiger partial charge is 0.341 e. The Labute approximate surface area is 129 Å². The standard InChI is InChI=1S/C17H18ClFN2/c1-21(16-8-3-2-7-15(16)19)17-12(5-4-6-14(17)18)11-20-13-9-10-13/h2-8,13,20H,9-11H2,1H3. The zero-order valence-electron chi connectivity index (χ0n) is 11.9. The van der Waals surface area contributed by atoms with Crippen molar-refractivity contribution in [1.29, 1.82) is 0 Å². The summed E-state index contributed by atoms with van der Waals surface area (Å²) in [4.78, 5) is 1.82. The Hall–Kier alpha value is -1.58. The number of para-hydroxylation sites is 2. The molecule has 1 aliphatic carbocycles. The number of nitrogens with one attached hydrogen (secondary N) is 1. The highest BCUT2D eigenvalue weighted by Gasteiger charge is 2.22. The molecule has 0 heterocycles. The van der Waals surface area contributed by atoms with Crippen LogP contribution in [0.2, 0.25) is 5.02 Å². The third-order valence-electron chi connectivity index (χ3n) is 3.78. The molecule has 0 radical (unpaired) electrons. The van der Waals surface area contributed by atoms with E-state index in [-0.39, 0.29) is 5.82 Å². The van der Waals surface area contributed by atoms with Crippen LogP contribution in [0.4, 0.5) is 15.8 Å². The number of rotatable bonds is 5. The van der Waals surface area contributed by atoms with Crippen molar-refractivity contribution in [1.82, 2.24) is 5.32 Å². The van der Waals surface area contributed by atoms with Gasteiger partial charge in [0.1, 0.15) is 5.82 Å². The molecule has 3 rings (SSSR count). The molecule has 1 fully saturated rings. The van der Waals surface area contributed by atoms with Gasteiger partial charge in [-0.3, -0.25) is 0 Å². The van der Waals surface area contributed by atoms with Crippen LogP contribution < -0.4 is 10.2 Å². The van der Waals surface area contributed by atoms with E-state index < -0.39 is 0 Å². The molecular formula is C17H18ClFN2. The maximum absolute atomic E-state index is 14.0. The van der Waals surface area contributed by atoms with E-state index in [1.165, 1.54) is 18.9 Å². The molecule has 0 unspecified atom stereocenters. The predicted octanol–water partition coefficient (Wildman–Crippen LogP) is 4.50. The first-order valence-electron chi connectivity index (χ1n) is 7.16. The summed E-state index contributed by atoms with van der Waals surface area (Å²) in [5, 5.41) is 4.12. The number of nitrogens with zero attached hydrogens (tertiary/aromatic N) is 1. The number of anilines is 2. The van der Waals surface area contributed by atoms with Gasteiger partial charge in [-0.05, 0) is 36.6 Å². The van der Waals surface area contributed by atoms with Crippen LogP contribution in [0.5, 0.6) is 0 Å². The highest BCUT2D eigenvalue weighted by atomic mass is 35.5. The van der Waals surface area contributed by atoms with Crippen molar-refractivity contribution in [2.24, 2.45) is 0 Å². The summed E-state index contributed by atoms with van der Waals surface area (Å²) in [6.45, 7) is 0.749. The monoisotopic (exact) mass is 304 g/mol. The van der Waals surface area contributed by atoms with Gasteiger partial charge in [0, 0.05) is 19.6 Å². The summed E-state index contributed by atoms with van der Waals surface area (Å²) in [7, 11) is 1.85. The summed E-state index contributed by atoms with van der Waals surface area (Å²) in [5.74, 6) is -0.249. The van der Waals surface area contributed by atoms with Crippen LogP contribution in [0.3, 0.4) is 0 Å². The van der Waals surface area contributed by atoms with Crippen molar-refractivity contribution in [3.63, 3.8) is 0 Å². The third kappa shape index (κ3) is 3.20. The van der Waals surface area contributed by atoms with Crippen molar-refractivity contribution in [3.05, 3.63) is 58.9 Å². The molecule has 1 aliphatic rings. The zero-order chi connectivity index (χ0) is 14.8. The summed E-state index contributed by atoms with van der Waals surface area (Å²) < 4.78 is 14.0. The number of benzene rings is 2. The minimum atomic E-state index is -0.249. The smallest absolute Gasteiger partial charge is 0.146 e. The second-order valence-electron chi connectivity index (χ2n) is 5.41. The molecule has 0 spiro atoms. The Bertz CT molecular complexity index is 640. The van der Waals surface area contributed by atoms with Gasteiger partial charge >= 0.3 is 0 Å². The minimum absolute atomic E-state index is 0.249. The van der Waals surface area contributed by atoms with Crippen LogP contribution in [0.15, 0.2) is 42.5 Å². The molecule has 0 saturated heterocycles. The van der Waals surface area contributed by atoms with Crippen molar-refractivity contribution in [3.8, 4) is 0 Å². The Morgan fingerprint density at radius 1 is 1.19 bits per heavy atom. The van der Waals surface area contributed by atoms with Gasteiger partial charge in [0.25, 0.3) is 0 Å². The topological polar surface area (TPSA) is 15.3 Å². The fourth-order valence-corrected chi connectivity index (χ4v) is 2.79. The third-order valence-corrected chi connectivity index (χ3v) is 4.08. The van der Waals surface area contributed by atoms with E-state index in [9.17, 15) is 4.39 Å². The van der Waals surface area contributed by atoms with Crippen LogP contribution in [0.25, 0.3) is 0 Å². The van der Waals surface area contributed by atoms with Crippen LogP contribution in [-0.4, -0.2) is 13.1 Å². The zero-order valence-corrected chi connectivity index (χ0v) is 12.7. The first-order valence-corrected chi connectivity index (χ1v) is 7.53. The fraction of sp³-hybridized carbons (Fsp3) is 0.294. The molecule has 1 saturated carbocycles. The molecule has 0 aliphatic heterocycles. The Morgan fingerprint density at radius 2 is 1.95 bits per heavy atom. The van der Waals surface area contributed by atoms with E-state index in [1.807, 2.05) is 36.2 Å². The van der Waals surface area contributed by atoms with Gasteiger partial charge in [-0.2, -0.15) is 0 Å². The molecule has 2 aromatic rings. The second-order valence-corrected chi connectivity index (χ2v) is 5.82. The van der Waals surface area contributed by atoms with Gasteiger partial charge in [0.15, 0.2) is 0 Å². The molecule has 4 heteroatoms. The van der Waals surface area contributed by atoms with Crippen LogP contribution in [0.1, 0.15) is 18.4 Å². The lowest BCUT2D eigenvalue weighted by Gasteiger charge is -2.24. The maximum Gasteiger partial charge on any atom is 0.146 e. The van der Waals surface area contributed by atoms with Crippen molar-refractivity contribution in [2.75, 3.05) is 11.9 Å². The van der Waals surface area contributed by atoms with Crippen LogP contribution in [0, 0.1) is 5.82 Å². The SMILES string of the molecule is CN(c1ccccc1F)c1c(Cl)cccc1CNC1CC1. The molecule has 0 aromatic heterocycles. The van der Waals surface area contributed by atoms with Gasteiger partial charge in [-0.15, -0.1) is 0 Å². The second kappa shape index (κ2) is 6.04. The maximum atomic E-state index is 14.0. The molecule has 1 N–H and O–H groups in total. The molecule has 2 aromatic carbocycles. The van der Waals surface area contributed by atoms with Gasteiger partial charge in [0.05, 0.1) is 16.4 Å². The highest BCUT2D eigenvalue weighted by Crippen LogP contribution is 2.35. The summed E-state index contributed by atoms with van der Waals surface area (Å²) >= 11 is 6.37. The quantitative estimate of drug-likeness (QED) is 0.875. The normalized spacial score (nSPS) is 14.2. The average molecular weight is 305 g/mol. The van der Waals surface area contributed by atoms with E-state index >= 15 is 0 Å². The van der Waals surface area contributed by atoms with Crippen LogP contribution >= 0.6 is 11.6 Å². The molecule has 0 atom stereocenters. The van der Waals surface area contributed by atoms with Crippen molar-refractivity contribution < 1.29 is 4.39 Å². The van der Waals surface area contributed by atoms with Crippen molar-refractivity contribution >= 4 is 23.0 Å². The first kappa shape index (κ1) is 14.4. The van der Waals surface area contributed by atoms with Gasteiger partial charge in [0.2, 0.25) is 0 Å². The fourth-order valence-electron chi connectivity index (χ4n) is 2.46. The van der Waals surface area contributed by atoms with Gasteiger partial charge < -0.3 is 10.2 Å². The van der Waals surface area contributed by atoms with Gasteiger partial charge in [-0.25, -0.2) is 4.39 Å². The molecule has 0 bridgehead atoms. The first-order chi connectivity index (χ1) is 10.2. The Morgan fingerprint density at radius 3 is 2.67 bits per heavy atom. The van der Waals surface area contributed by atoms with E-state index in [0.717, 1.165) is 17.8 Å². The van der Waals surface area contributed by atoms with Crippen LogP contribution in [-0.2, 0) is 6.54 Å². The molecular weight excluding hydrogens is 287 g/mol. The Kier molecular flexibility index (Phi) is 4.13. The van der Waals surface area contributed by atoms with Gasteiger partial charge in [-0.1, -0.05) is 35.9 Å². The molecule has 21 heavy (non-hydrogen) atoms. The van der Waals surface area contributed by atoms with E-state index in [4.69, 9.17) is 11.6 Å². The molecule has 0 amide bonds. The number of hydrogen-bond acceptors (Lipinski definition) is 2. The van der Waals surface area contributed by atoms with Crippen molar-refractivity contribution in [2.45, 2.75) is 25.4 Å². The number of halogens is 2. The molecule has 110 valence electrons. The van der Waals surface area contributed by atoms with E-state index in [2.05, 4.69) is 5.32 Å². The summed E-state index contributed by atoms with van der Waals surface area (Å²) in [6, 6.07) is 13.2. The average Bonchev–Trinajstić information content (AvgIpc) is 3.29. The lowest BCUT2D eigenvalue weighted by atomic mass is 10.1. The van der Waals surface area contributed by atoms with E-state index in [0.29, 0.717) is 16.8 Å². The highest BCUT2D eigenvalue weighted by molar-refractivity contribution is 6.33.